The van der Waals surface area contributed by atoms with Gasteiger partial charge in [-0.05, 0) is 0 Å². The van der Waals surface area contributed by atoms with Crippen LogP contribution in [0.2, 0.25) is 0 Å². The van der Waals surface area contributed by atoms with Gasteiger partial charge in [0.15, 0.2) is 0 Å². The van der Waals surface area contributed by atoms with Gasteiger partial charge in [0.1, 0.15) is 0 Å². The Labute approximate surface area is 81.5 Å². The van der Waals surface area contributed by atoms with Crippen LogP contribution in [0.15, 0.2) is 18.2 Å². The van der Waals surface area contributed by atoms with E-state index in [9.17, 15) is 0 Å². The molecule has 1 radical (unpaired) electrons. The SMILES string of the molecule is Cc1c[c-]ccc1C.[Y]. The zero-order valence-electron chi connectivity index (χ0n) is 5.81. The van der Waals surface area contributed by atoms with Crippen molar-refractivity contribution in [2.75, 3.05) is 0 Å². The molecule has 0 aliphatic carbocycles. The summed E-state index contributed by atoms with van der Waals surface area (Å²) < 4.78 is 0. The predicted molar refractivity (Wildman–Crippen MR) is 34.8 cm³/mol. The van der Waals surface area contributed by atoms with E-state index < -0.39 is 0 Å². The molecule has 1 aromatic carbocycles. The van der Waals surface area contributed by atoms with Crippen LogP contribution in [0.5, 0.6) is 0 Å². The molecule has 0 saturated heterocycles. The first-order valence-corrected chi connectivity index (χ1v) is 2.74. The van der Waals surface area contributed by atoms with Crippen molar-refractivity contribution in [3.05, 3.63) is 35.4 Å². The molecule has 1 rings (SSSR count). The van der Waals surface area contributed by atoms with Crippen molar-refractivity contribution in [1.29, 1.82) is 0 Å². The minimum atomic E-state index is 0. The van der Waals surface area contributed by atoms with Crippen molar-refractivity contribution in [3.63, 3.8) is 0 Å². The second-order valence-electron chi connectivity index (χ2n) is 2.01. The van der Waals surface area contributed by atoms with Crippen molar-refractivity contribution in [2.45, 2.75) is 13.8 Å². The zero-order valence-corrected chi connectivity index (χ0v) is 8.65. The third-order valence-corrected chi connectivity index (χ3v) is 1.35. The fraction of sp³-hybridized carbons (Fsp3) is 0.250. The molecule has 0 aromatic heterocycles. The number of benzene rings is 1. The smallest absolute Gasteiger partial charge is 0 e. The molecule has 0 saturated carbocycles. The molecular formula is C8H9Y-. The fourth-order valence-electron chi connectivity index (χ4n) is 0.592. The van der Waals surface area contributed by atoms with Gasteiger partial charge in [-0.25, -0.2) is 0 Å². The maximum absolute atomic E-state index is 3.00. The molecule has 45 valence electrons. The Kier molecular flexibility index (Phi) is 4.34. The summed E-state index contributed by atoms with van der Waals surface area (Å²) in [6.45, 7) is 4.19. The van der Waals surface area contributed by atoms with E-state index in [2.05, 4.69) is 26.0 Å². The van der Waals surface area contributed by atoms with Crippen molar-refractivity contribution >= 4 is 0 Å². The molecule has 0 atom stereocenters. The Hall–Kier alpha value is 0.324. The van der Waals surface area contributed by atoms with Gasteiger partial charge in [-0.15, -0.1) is 0 Å². The normalized spacial score (nSPS) is 8.22. The molecule has 0 aliphatic rings. The van der Waals surface area contributed by atoms with Gasteiger partial charge in [-0.2, -0.15) is 35.4 Å². The quantitative estimate of drug-likeness (QED) is 0.555. The second kappa shape index (κ2) is 4.19. The average Bonchev–Trinajstić information content (AvgIpc) is 1.77. The predicted octanol–water partition coefficient (Wildman–Crippen LogP) is 2.10. The van der Waals surface area contributed by atoms with E-state index >= 15 is 0 Å². The van der Waals surface area contributed by atoms with Gasteiger partial charge in [-0.1, -0.05) is 13.8 Å². The molecule has 0 nitrogen and oxygen atoms in total. The summed E-state index contributed by atoms with van der Waals surface area (Å²) in [6, 6.07) is 8.99. The van der Waals surface area contributed by atoms with E-state index in [1.807, 2.05) is 12.1 Å². The molecule has 0 aliphatic heterocycles. The first kappa shape index (κ1) is 9.32. The summed E-state index contributed by atoms with van der Waals surface area (Å²) >= 11 is 0. The van der Waals surface area contributed by atoms with Crippen LogP contribution < -0.4 is 0 Å². The Balaban J connectivity index is 0.000000640. The van der Waals surface area contributed by atoms with Gasteiger partial charge in [0, 0.05) is 32.7 Å². The van der Waals surface area contributed by atoms with Crippen LogP contribution in [0.25, 0.3) is 0 Å². The maximum Gasteiger partial charge on any atom is 0 e. The monoisotopic (exact) mass is 194 g/mol. The average molecular weight is 194 g/mol. The minimum Gasteiger partial charge on any atom is -0.184 e. The Bertz CT molecular complexity index is 161. The Morgan fingerprint density at radius 1 is 1.22 bits per heavy atom. The molecule has 9 heavy (non-hydrogen) atoms. The van der Waals surface area contributed by atoms with E-state index in [-0.39, 0.29) is 32.7 Å². The van der Waals surface area contributed by atoms with Crippen molar-refractivity contribution < 1.29 is 32.7 Å². The van der Waals surface area contributed by atoms with E-state index in [1.54, 1.807) is 0 Å². The van der Waals surface area contributed by atoms with Crippen molar-refractivity contribution in [3.8, 4) is 0 Å². The summed E-state index contributed by atoms with van der Waals surface area (Å²) in [7, 11) is 0. The van der Waals surface area contributed by atoms with Gasteiger partial charge in [0.25, 0.3) is 0 Å². The molecule has 0 unspecified atom stereocenters. The van der Waals surface area contributed by atoms with Crippen molar-refractivity contribution in [2.24, 2.45) is 0 Å². The van der Waals surface area contributed by atoms with Gasteiger partial charge in [-0.3, -0.25) is 0 Å². The van der Waals surface area contributed by atoms with Crippen LogP contribution >= 0.6 is 0 Å². The first-order valence-electron chi connectivity index (χ1n) is 2.74. The number of aryl methyl sites for hydroxylation is 2. The van der Waals surface area contributed by atoms with Gasteiger partial charge in [0.05, 0.1) is 0 Å². The van der Waals surface area contributed by atoms with Gasteiger partial charge in [0.2, 0.25) is 0 Å². The van der Waals surface area contributed by atoms with Crippen LogP contribution in [0.3, 0.4) is 0 Å². The standard InChI is InChI=1S/C8H9.Y/c1-7-5-3-4-6-8(7)2;/h3,5-6H,1-2H3;/q-1;. The first-order chi connectivity index (χ1) is 3.80. The fourth-order valence-corrected chi connectivity index (χ4v) is 0.592. The van der Waals surface area contributed by atoms with Gasteiger partial charge >= 0.3 is 0 Å². The van der Waals surface area contributed by atoms with E-state index in [1.165, 1.54) is 11.1 Å². The molecule has 1 heteroatoms. The molecule has 0 bridgehead atoms. The van der Waals surface area contributed by atoms with Crippen LogP contribution in [0.1, 0.15) is 11.1 Å². The Morgan fingerprint density at radius 2 is 1.89 bits per heavy atom. The van der Waals surface area contributed by atoms with Crippen LogP contribution in [0.4, 0.5) is 0 Å². The van der Waals surface area contributed by atoms with Crippen LogP contribution in [-0.2, 0) is 32.7 Å². The molecule has 0 spiro atoms. The molecule has 0 N–H and O–H groups in total. The molecule has 0 fully saturated rings. The maximum atomic E-state index is 3.00. The number of hydrogen-bond acceptors (Lipinski definition) is 0. The topological polar surface area (TPSA) is 0 Å². The Morgan fingerprint density at radius 3 is 2.22 bits per heavy atom. The molecule has 1 aromatic rings. The largest absolute Gasteiger partial charge is 0.184 e. The third kappa shape index (κ3) is 2.60. The molecule has 0 amide bonds. The number of hydrogen-bond donors (Lipinski definition) is 0. The summed E-state index contributed by atoms with van der Waals surface area (Å²) in [6.07, 6.45) is 0. The summed E-state index contributed by atoms with van der Waals surface area (Å²) in [4.78, 5) is 0. The summed E-state index contributed by atoms with van der Waals surface area (Å²) in [5.41, 5.74) is 2.65. The van der Waals surface area contributed by atoms with Crippen molar-refractivity contribution in [1.82, 2.24) is 0 Å². The molecule has 0 heterocycles. The minimum absolute atomic E-state index is 0. The van der Waals surface area contributed by atoms with Crippen LogP contribution in [-0.4, -0.2) is 0 Å². The summed E-state index contributed by atoms with van der Waals surface area (Å²) in [5.74, 6) is 0. The van der Waals surface area contributed by atoms with E-state index in [4.69, 9.17) is 0 Å². The van der Waals surface area contributed by atoms with Gasteiger partial charge < -0.3 is 0 Å². The third-order valence-electron chi connectivity index (χ3n) is 1.35. The second-order valence-corrected chi connectivity index (χ2v) is 2.01. The number of rotatable bonds is 0. The van der Waals surface area contributed by atoms with E-state index in [0.29, 0.717) is 0 Å². The zero-order chi connectivity index (χ0) is 5.98. The molecular weight excluding hydrogens is 185 g/mol. The van der Waals surface area contributed by atoms with E-state index in [0.717, 1.165) is 0 Å². The summed E-state index contributed by atoms with van der Waals surface area (Å²) in [5, 5.41) is 0. The van der Waals surface area contributed by atoms with Crippen LogP contribution in [0, 0.1) is 19.9 Å².